The molecule has 3 heteroatoms. The molecule has 1 N–H and O–H groups in total. The SMILES string of the molecule is c1nc(CNC2CCC2)co1. The zero-order chi connectivity index (χ0) is 7.52. The number of hydrogen-bond donors (Lipinski definition) is 1. The molecule has 2 rings (SSSR count). The average Bonchev–Trinajstić information content (AvgIpc) is 2.36. The lowest BCUT2D eigenvalue weighted by molar-refractivity contribution is 0.337. The molecule has 0 radical (unpaired) electrons. The van der Waals surface area contributed by atoms with Crippen LogP contribution in [0.4, 0.5) is 0 Å². The molecule has 0 amide bonds. The fourth-order valence-corrected chi connectivity index (χ4v) is 1.19. The predicted molar refractivity (Wildman–Crippen MR) is 41.0 cm³/mol. The number of oxazole rings is 1. The highest BCUT2D eigenvalue weighted by molar-refractivity contribution is 4.91. The van der Waals surface area contributed by atoms with Gasteiger partial charge in [0.15, 0.2) is 6.39 Å². The molecule has 0 aromatic carbocycles. The average molecular weight is 152 g/mol. The molecule has 1 fully saturated rings. The van der Waals surface area contributed by atoms with E-state index in [2.05, 4.69) is 10.3 Å². The van der Waals surface area contributed by atoms with Crippen molar-refractivity contribution >= 4 is 0 Å². The quantitative estimate of drug-likeness (QED) is 0.709. The standard InChI is InChI=1S/C8H12N2O/c1-2-7(3-1)9-4-8-5-11-6-10-8/h5-7,9H,1-4H2. The summed E-state index contributed by atoms with van der Waals surface area (Å²) < 4.78 is 4.85. The molecule has 3 nitrogen and oxygen atoms in total. The van der Waals surface area contributed by atoms with E-state index in [0.29, 0.717) is 0 Å². The summed E-state index contributed by atoms with van der Waals surface area (Å²) in [6.45, 7) is 0.848. The second-order valence-corrected chi connectivity index (χ2v) is 2.99. The maximum absolute atomic E-state index is 4.85. The third kappa shape index (κ3) is 1.60. The first-order valence-electron chi connectivity index (χ1n) is 4.05. The summed E-state index contributed by atoms with van der Waals surface area (Å²) in [4.78, 5) is 4.02. The minimum absolute atomic E-state index is 0.728. The Balaban J connectivity index is 1.74. The summed E-state index contributed by atoms with van der Waals surface area (Å²) in [6, 6.07) is 0.728. The first kappa shape index (κ1) is 6.85. The van der Waals surface area contributed by atoms with Crippen LogP contribution in [-0.4, -0.2) is 11.0 Å². The topological polar surface area (TPSA) is 38.1 Å². The third-order valence-electron chi connectivity index (χ3n) is 2.16. The van der Waals surface area contributed by atoms with Crippen molar-refractivity contribution in [3.8, 4) is 0 Å². The summed E-state index contributed by atoms with van der Waals surface area (Å²) in [5, 5.41) is 3.40. The van der Waals surface area contributed by atoms with Gasteiger partial charge in [-0.1, -0.05) is 6.42 Å². The minimum atomic E-state index is 0.728. The Hall–Kier alpha value is -0.830. The second kappa shape index (κ2) is 3.05. The van der Waals surface area contributed by atoms with Crippen LogP contribution in [0.1, 0.15) is 25.0 Å². The molecule has 0 unspecified atom stereocenters. The molecule has 0 bridgehead atoms. The lowest BCUT2D eigenvalue weighted by Gasteiger charge is -2.25. The highest BCUT2D eigenvalue weighted by Crippen LogP contribution is 2.18. The predicted octanol–water partition coefficient (Wildman–Crippen LogP) is 1.32. The number of rotatable bonds is 3. The van der Waals surface area contributed by atoms with Crippen LogP contribution in [0.2, 0.25) is 0 Å². The van der Waals surface area contributed by atoms with Crippen LogP contribution in [-0.2, 0) is 6.54 Å². The molecule has 0 aliphatic heterocycles. The normalized spacial score (nSPS) is 18.2. The Labute approximate surface area is 65.8 Å². The summed E-state index contributed by atoms with van der Waals surface area (Å²) >= 11 is 0. The maximum Gasteiger partial charge on any atom is 0.180 e. The van der Waals surface area contributed by atoms with Crippen molar-refractivity contribution in [2.24, 2.45) is 0 Å². The van der Waals surface area contributed by atoms with Crippen molar-refractivity contribution in [1.82, 2.24) is 10.3 Å². The molecule has 0 saturated heterocycles. The molecular formula is C8H12N2O. The van der Waals surface area contributed by atoms with E-state index in [1.165, 1.54) is 25.7 Å². The number of nitrogens with zero attached hydrogens (tertiary/aromatic N) is 1. The largest absolute Gasteiger partial charge is 0.451 e. The van der Waals surface area contributed by atoms with Gasteiger partial charge in [-0.05, 0) is 12.8 Å². The van der Waals surface area contributed by atoms with E-state index in [1.807, 2.05) is 0 Å². The highest BCUT2D eigenvalue weighted by Gasteiger charge is 2.16. The Bertz CT molecular complexity index is 204. The third-order valence-corrected chi connectivity index (χ3v) is 2.16. The molecule has 1 saturated carbocycles. The molecule has 1 aromatic rings. The molecule has 1 heterocycles. The van der Waals surface area contributed by atoms with Crippen LogP contribution >= 0.6 is 0 Å². The van der Waals surface area contributed by atoms with Crippen molar-refractivity contribution in [3.05, 3.63) is 18.4 Å². The molecule has 1 aromatic heterocycles. The molecule has 1 aliphatic rings. The van der Waals surface area contributed by atoms with Gasteiger partial charge in [0.1, 0.15) is 6.26 Å². The fourth-order valence-electron chi connectivity index (χ4n) is 1.19. The van der Waals surface area contributed by atoms with E-state index in [4.69, 9.17) is 4.42 Å². The zero-order valence-electron chi connectivity index (χ0n) is 6.42. The number of aromatic nitrogens is 1. The van der Waals surface area contributed by atoms with Gasteiger partial charge in [0.05, 0.1) is 5.69 Å². The van der Waals surface area contributed by atoms with Crippen molar-refractivity contribution < 1.29 is 4.42 Å². The minimum Gasteiger partial charge on any atom is -0.451 e. The molecule has 0 spiro atoms. The second-order valence-electron chi connectivity index (χ2n) is 2.99. The monoisotopic (exact) mass is 152 g/mol. The lowest BCUT2D eigenvalue weighted by atomic mass is 9.93. The van der Waals surface area contributed by atoms with Gasteiger partial charge in [-0.25, -0.2) is 4.98 Å². The van der Waals surface area contributed by atoms with Gasteiger partial charge >= 0.3 is 0 Å². The first-order chi connectivity index (χ1) is 5.45. The van der Waals surface area contributed by atoms with Gasteiger partial charge in [-0.2, -0.15) is 0 Å². The smallest absolute Gasteiger partial charge is 0.180 e. The van der Waals surface area contributed by atoms with Crippen LogP contribution in [0, 0.1) is 0 Å². The Morgan fingerprint density at radius 3 is 3.09 bits per heavy atom. The van der Waals surface area contributed by atoms with E-state index in [0.717, 1.165) is 18.3 Å². The van der Waals surface area contributed by atoms with Gasteiger partial charge in [0.25, 0.3) is 0 Å². The van der Waals surface area contributed by atoms with Crippen molar-refractivity contribution in [2.75, 3.05) is 0 Å². The first-order valence-corrected chi connectivity index (χ1v) is 4.05. The van der Waals surface area contributed by atoms with Crippen LogP contribution in [0.25, 0.3) is 0 Å². The molecular weight excluding hydrogens is 140 g/mol. The summed E-state index contributed by atoms with van der Waals surface area (Å²) in [6.07, 6.45) is 7.16. The Kier molecular flexibility index (Phi) is 1.90. The van der Waals surface area contributed by atoms with Gasteiger partial charge in [-0.15, -0.1) is 0 Å². The maximum atomic E-state index is 4.85. The van der Waals surface area contributed by atoms with E-state index < -0.39 is 0 Å². The van der Waals surface area contributed by atoms with Crippen LogP contribution in [0.15, 0.2) is 17.1 Å². The lowest BCUT2D eigenvalue weighted by Crippen LogP contribution is -2.34. The van der Waals surface area contributed by atoms with Crippen molar-refractivity contribution in [2.45, 2.75) is 31.8 Å². The van der Waals surface area contributed by atoms with E-state index in [9.17, 15) is 0 Å². The summed E-state index contributed by atoms with van der Waals surface area (Å²) in [7, 11) is 0. The Morgan fingerprint density at radius 1 is 1.64 bits per heavy atom. The number of hydrogen-bond acceptors (Lipinski definition) is 3. The van der Waals surface area contributed by atoms with Gasteiger partial charge in [0, 0.05) is 12.6 Å². The van der Waals surface area contributed by atoms with Gasteiger partial charge in [-0.3, -0.25) is 0 Å². The molecule has 11 heavy (non-hydrogen) atoms. The van der Waals surface area contributed by atoms with Crippen LogP contribution in [0.3, 0.4) is 0 Å². The van der Waals surface area contributed by atoms with Crippen molar-refractivity contribution in [3.63, 3.8) is 0 Å². The number of nitrogens with one attached hydrogen (secondary N) is 1. The fraction of sp³-hybridized carbons (Fsp3) is 0.625. The van der Waals surface area contributed by atoms with Gasteiger partial charge < -0.3 is 9.73 Å². The van der Waals surface area contributed by atoms with Gasteiger partial charge in [0.2, 0.25) is 0 Å². The highest BCUT2D eigenvalue weighted by atomic mass is 16.3. The van der Waals surface area contributed by atoms with Crippen LogP contribution < -0.4 is 5.32 Å². The molecule has 0 atom stereocenters. The van der Waals surface area contributed by atoms with E-state index in [-0.39, 0.29) is 0 Å². The Morgan fingerprint density at radius 2 is 2.55 bits per heavy atom. The van der Waals surface area contributed by atoms with Crippen molar-refractivity contribution in [1.29, 1.82) is 0 Å². The van der Waals surface area contributed by atoms with Crippen LogP contribution in [0.5, 0.6) is 0 Å². The zero-order valence-corrected chi connectivity index (χ0v) is 6.42. The summed E-state index contributed by atoms with van der Waals surface area (Å²) in [5.74, 6) is 0. The van der Waals surface area contributed by atoms with E-state index >= 15 is 0 Å². The summed E-state index contributed by atoms with van der Waals surface area (Å²) in [5.41, 5.74) is 0.997. The van der Waals surface area contributed by atoms with E-state index in [1.54, 1.807) is 6.26 Å². The molecule has 60 valence electrons. The molecule has 1 aliphatic carbocycles.